The summed E-state index contributed by atoms with van der Waals surface area (Å²) in [4.78, 5) is 12.1. The van der Waals surface area contributed by atoms with Crippen LogP contribution in [0.15, 0.2) is 52.0 Å². The number of anilines is 1. The first-order valence-corrected chi connectivity index (χ1v) is 8.28. The van der Waals surface area contributed by atoms with Crippen molar-refractivity contribution in [1.29, 1.82) is 0 Å². The summed E-state index contributed by atoms with van der Waals surface area (Å²) in [5.74, 6) is 1.28. The Morgan fingerprint density at radius 1 is 1.04 bits per heavy atom. The first-order valence-electron chi connectivity index (χ1n) is 6.80. The van der Waals surface area contributed by atoms with E-state index in [9.17, 15) is 8.42 Å². The van der Waals surface area contributed by atoms with Gasteiger partial charge in [-0.1, -0.05) is 12.1 Å². The molecule has 7 nitrogen and oxygen atoms in total. The summed E-state index contributed by atoms with van der Waals surface area (Å²) >= 11 is 0. The highest BCUT2D eigenvalue weighted by atomic mass is 32.2. The van der Waals surface area contributed by atoms with Crippen LogP contribution in [0, 0.1) is 13.8 Å². The van der Waals surface area contributed by atoms with Gasteiger partial charge < -0.3 is 4.42 Å². The van der Waals surface area contributed by atoms with Crippen LogP contribution in [0.3, 0.4) is 0 Å². The van der Waals surface area contributed by atoms with Crippen LogP contribution in [0.1, 0.15) is 11.7 Å². The van der Waals surface area contributed by atoms with Gasteiger partial charge in [0.1, 0.15) is 11.5 Å². The predicted molar refractivity (Wildman–Crippen MR) is 84.3 cm³/mol. The standard InChI is InChI=1S/C15H14N4O3S/c1-10-14(18-11(2)22-10)12-4-6-13(7-5-12)23(20,21)19-15-16-8-3-9-17-15/h3-9H,1-2H3,(H,16,17,19). The van der Waals surface area contributed by atoms with E-state index >= 15 is 0 Å². The number of oxazole rings is 1. The number of nitrogens with one attached hydrogen (secondary N) is 1. The molecule has 8 heteroatoms. The molecule has 2 heterocycles. The van der Waals surface area contributed by atoms with Crippen molar-refractivity contribution >= 4 is 16.0 Å². The van der Waals surface area contributed by atoms with Gasteiger partial charge in [-0.2, -0.15) is 0 Å². The fourth-order valence-corrected chi connectivity index (χ4v) is 3.08. The molecule has 0 saturated carbocycles. The van der Waals surface area contributed by atoms with Gasteiger partial charge in [0.15, 0.2) is 5.89 Å². The van der Waals surface area contributed by atoms with Gasteiger partial charge in [0.2, 0.25) is 5.95 Å². The third-order valence-electron chi connectivity index (χ3n) is 3.13. The zero-order valence-electron chi connectivity index (χ0n) is 12.5. The third-order valence-corrected chi connectivity index (χ3v) is 4.48. The molecule has 0 aliphatic heterocycles. The lowest BCUT2D eigenvalue weighted by Gasteiger charge is -2.06. The Kier molecular flexibility index (Phi) is 3.83. The number of sulfonamides is 1. The molecule has 0 atom stereocenters. The van der Waals surface area contributed by atoms with E-state index < -0.39 is 10.0 Å². The van der Waals surface area contributed by atoms with Gasteiger partial charge in [-0.3, -0.25) is 0 Å². The van der Waals surface area contributed by atoms with Gasteiger partial charge in [0.25, 0.3) is 10.0 Å². The first-order chi connectivity index (χ1) is 11.0. The fourth-order valence-electron chi connectivity index (χ4n) is 2.12. The SMILES string of the molecule is Cc1nc(-c2ccc(S(=O)(=O)Nc3ncccn3)cc2)c(C)o1. The maximum absolute atomic E-state index is 12.3. The molecule has 0 saturated heterocycles. The van der Waals surface area contributed by atoms with Gasteiger partial charge in [0, 0.05) is 24.9 Å². The van der Waals surface area contributed by atoms with Crippen molar-refractivity contribution in [1.82, 2.24) is 15.0 Å². The van der Waals surface area contributed by atoms with Crippen molar-refractivity contribution in [3.8, 4) is 11.3 Å². The quantitative estimate of drug-likeness (QED) is 0.789. The number of benzene rings is 1. The average molecular weight is 330 g/mol. The van der Waals surface area contributed by atoms with Crippen LogP contribution in [0.5, 0.6) is 0 Å². The van der Waals surface area contributed by atoms with Crippen LogP contribution in [0.2, 0.25) is 0 Å². The minimum atomic E-state index is -3.74. The summed E-state index contributed by atoms with van der Waals surface area (Å²) in [6, 6.07) is 7.98. The zero-order chi connectivity index (χ0) is 16.4. The number of aromatic nitrogens is 3. The maximum Gasteiger partial charge on any atom is 0.264 e. The Labute approximate surface area is 133 Å². The van der Waals surface area contributed by atoms with E-state index in [1.54, 1.807) is 25.1 Å². The van der Waals surface area contributed by atoms with Crippen LogP contribution in [-0.2, 0) is 10.0 Å². The molecule has 0 radical (unpaired) electrons. The van der Waals surface area contributed by atoms with E-state index in [0.29, 0.717) is 17.3 Å². The summed E-state index contributed by atoms with van der Waals surface area (Å²) < 4.78 is 32.3. The Morgan fingerprint density at radius 3 is 2.26 bits per heavy atom. The molecule has 3 aromatic rings. The monoisotopic (exact) mass is 330 g/mol. The lowest BCUT2D eigenvalue weighted by atomic mass is 10.1. The highest BCUT2D eigenvalue weighted by Gasteiger charge is 2.16. The normalized spacial score (nSPS) is 11.4. The zero-order valence-corrected chi connectivity index (χ0v) is 13.3. The minimum absolute atomic E-state index is 0.0274. The smallest absolute Gasteiger partial charge is 0.264 e. The van der Waals surface area contributed by atoms with Crippen molar-refractivity contribution in [2.75, 3.05) is 4.72 Å². The average Bonchev–Trinajstić information content (AvgIpc) is 2.87. The molecule has 0 aliphatic rings. The lowest BCUT2D eigenvalue weighted by molar-refractivity contribution is 0.495. The molecule has 118 valence electrons. The predicted octanol–water partition coefficient (Wildman–Crippen LogP) is 2.55. The second kappa shape index (κ2) is 5.81. The van der Waals surface area contributed by atoms with Crippen molar-refractivity contribution in [3.05, 3.63) is 54.4 Å². The van der Waals surface area contributed by atoms with Crippen LogP contribution >= 0.6 is 0 Å². The fraction of sp³-hybridized carbons (Fsp3) is 0.133. The molecule has 0 unspecified atom stereocenters. The topological polar surface area (TPSA) is 98.0 Å². The summed E-state index contributed by atoms with van der Waals surface area (Å²) in [7, 11) is -3.74. The molecule has 0 spiro atoms. The van der Waals surface area contributed by atoms with Crippen molar-refractivity contribution in [2.45, 2.75) is 18.7 Å². The maximum atomic E-state index is 12.3. The van der Waals surface area contributed by atoms with Gasteiger partial charge in [-0.25, -0.2) is 28.1 Å². The Bertz CT molecular complexity index is 919. The van der Waals surface area contributed by atoms with Crippen LogP contribution in [-0.4, -0.2) is 23.4 Å². The molecule has 0 bridgehead atoms. The largest absolute Gasteiger partial charge is 0.446 e. The Morgan fingerprint density at radius 2 is 1.70 bits per heavy atom. The molecule has 2 aromatic heterocycles. The Hall–Kier alpha value is -2.74. The highest BCUT2D eigenvalue weighted by molar-refractivity contribution is 7.92. The van der Waals surface area contributed by atoms with E-state index in [0.717, 1.165) is 5.56 Å². The van der Waals surface area contributed by atoms with Crippen molar-refractivity contribution in [2.24, 2.45) is 0 Å². The van der Waals surface area contributed by atoms with Gasteiger partial charge in [-0.05, 0) is 25.1 Å². The van der Waals surface area contributed by atoms with Crippen LogP contribution < -0.4 is 4.72 Å². The molecule has 0 aliphatic carbocycles. The van der Waals surface area contributed by atoms with Gasteiger partial charge >= 0.3 is 0 Å². The van der Waals surface area contributed by atoms with E-state index in [4.69, 9.17) is 4.42 Å². The van der Waals surface area contributed by atoms with Crippen LogP contribution in [0.25, 0.3) is 11.3 Å². The van der Waals surface area contributed by atoms with Gasteiger partial charge in [-0.15, -0.1) is 0 Å². The van der Waals surface area contributed by atoms with E-state index in [1.165, 1.54) is 24.5 Å². The van der Waals surface area contributed by atoms with Crippen LogP contribution in [0.4, 0.5) is 5.95 Å². The molecule has 0 amide bonds. The molecule has 3 rings (SSSR count). The number of aryl methyl sites for hydroxylation is 2. The summed E-state index contributed by atoms with van der Waals surface area (Å²) in [5, 5.41) is 0. The number of hydrogen-bond donors (Lipinski definition) is 1. The number of nitrogens with zero attached hydrogens (tertiary/aromatic N) is 3. The first kappa shape index (κ1) is 15.2. The van der Waals surface area contributed by atoms with Gasteiger partial charge in [0.05, 0.1) is 4.90 Å². The molecular formula is C15H14N4O3S. The minimum Gasteiger partial charge on any atom is -0.446 e. The molecule has 1 N–H and O–H groups in total. The van der Waals surface area contributed by atoms with E-state index in [-0.39, 0.29) is 10.8 Å². The second-order valence-corrected chi connectivity index (χ2v) is 6.52. The number of rotatable bonds is 4. The summed E-state index contributed by atoms with van der Waals surface area (Å²) in [5.41, 5.74) is 1.49. The molecular weight excluding hydrogens is 316 g/mol. The van der Waals surface area contributed by atoms with E-state index in [1.807, 2.05) is 6.92 Å². The Balaban J connectivity index is 1.88. The third kappa shape index (κ3) is 3.21. The van der Waals surface area contributed by atoms with E-state index in [2.05, 4.69) is 19.7 Å². The highest BCUT2D eigenvalue weighted by Crippen LogP contribution is 2.24. The molecule has 0 fully saturated rings. The lowest BCUT2D eigenvalue weighted by Crippen LogP contribution is -2.14. The molecule has 1 aromatic carbocycles. The van der Waals surface area contributed by atoms with Crippen molar-refractivity contribution < 1.29 is 12.8 Å². The molecule has 23 heavy (non-hydrogen) atoms. The number of hydrogen-bond acceptors (Lipinski definition) is 6. The summed E-state index contributed by atoms with van der Waals surface area (Å²) in [6.07, 6.45) is 2.92. The second-order valence-electron chi connectivity index (χ2n) is 4.84. The van der Waals surface area contributed by atoms with Crippen molar-refractivity contribution in [3.63, 3.8) is 0 Å². The summed E-state index contributed by atoms with van der Waals surface area (Å²) in [6.45, 7) is 3.58.